The number of allylic oxidation sites excluding steroid dienone is 1. The third-order valence-corrected chi connectivity index (χ3v) is 1.75. The van der Waals surface area contributed by atoms with Gasteiger partial charge in [-0.3, -0.25) is 0 Å². The molecule has 0 amide bonds. The lowest BCUT2D eigenvalue weighted by Crippen LogP contribution is -2.10. The highest BCUT2D eigenvalue weighted by atomic mass is 79.9. The van der Waals surface area contributed by atoms with Gasteiger partial charge in [0.05, 0.1) is 0 Å². The van der Waals surface area contributed by atoms with E-state index in [1.54, 1.807) is 14.2 Å². The van der Waals surface area contributed by atoms with Crippen molar-refractivity contribution in [1.82, 2.24) is 0 Å². The summed E-state index contributed by atoms with van der Waals surface area (Å²) in [6.45, 7) is 0. The predicted octanol–water partition coefficient (Wildman–Crippen LogP) is 2.34. The van der Waals surface area contributed by atoms with Crippen molar-refractivity contribution in [2.45, 2.75) is 19.1 Å². The molecular formula is C8H15BrO2. The monoisotopic (exact) mass is 222 g/mol. The van der Waals surface area contributed by atoms with Crippen LogP contribution in [0.15, 0.2) is 12.2 Å². The Morgan fingerprint density at radius 3 is 2.36 bits per heavy atom. The van der Waals surface area contributed by atoms with Gasteiger partial charge < -0.3 is 9.47 Å². The van der Waals surface area contributed by atoms with Crippen molar-refractivity contribution in [3.05, 3.63) is 12.2 Å². The molecule has 0 saturated carbocycles. The summed E-state index contributed by atoms with van der Waals surface area (Å²) < 4.78 is 9.99. The van der Waals surface area contributed by atoms with E-state index in [9.17, 15) is 0 Å². The Bertz CT molecular complexity index is 100. The fourth-order valence-electron chi connectivity index (χ4n) is 0.677. The molecule has 0 unspecified atom stereocenters. The van der Waals surface area contributed by atoms with E-state index >= 15 is 0 Å². The quantitative estimate of drug-likeness (QED) is 0.391. The predicted molar refractivity (Wildman–Crippen MR) is 50.0 cm³/mol. The highest BCUT2D eigenvalue weighted by molar-refractivity contribution is 9.09. The van der Waals surface area contributed by atoms with Crippen LogP contribution in [0, 0.1) is 0 Å². The Hall–Kier alpha value is 0.140. The van der Waals surface area contributed by atoms with E-state index in [0.29, 0.717) is 0 Å². The van der Waals surface area contributed by atoms with Gasteiger partial charge in [-0.15, -0.1) is 0 Å². The van der Waals surface area contributed by atoms with E-state index in [4.69, 9.17) is 9.47 Å². The molecule has 0 aliphatic rings. The molecule has 0 bridgehead atoms. The Balaban J connectivity index is 3.33. The minimum absolute atomic E-state index is 0.0958. The topological polar surface area (TPSA) is 18.5 Å². The lowest BCUT2D eigenvalue weighted by Gasteiger charge is -2.09. The summed E-state index contributed by atoms with van der Waals surface area (Å²) >= 11 is 3.34. The van der Waals surface area contributed by atoms with Crippen LogP contribution in [-0.4, -0.2) is 25.8 Å². The normalized spacial score (nSPS) is 11.6. The van der Waals surface area contributed by atoms with Crippen LogP contribution >= 0.6 is 15.9 Å². The molecule has 11 heavy (non-hydrogen) atoms. The maximum Gasteiger partial charge on any atom is 0.160 e. The Labute approximate surface area is 76.7 Å². The number of rotatable bonds is 6. The molecule has 0 aromatic rings. The van der Waals surface area contributed by atoms with Crippen molar-refractivity contribution in [3.8, 4) is 0 Å². The molecule has 0 radical (unpaired) electrons. The first kappa shape index (κ1) is 11.1. The minimum Gasteiger partial charge on any atom is -0.356 e. The number of methoxy groups -OCH3 is 2. The van der Waals surface area contributed by atoms with Crippen molar-refractivity contribution < 1.29 is 9.47 Å². The molecule has 0 aromatic carbocycles. The van der Waals surface area contributed by atoms with Gasteiger partial charge in [0.25, 0.3) is 0 Å². The van der Waals surface area contributed by atoms with E-state index in [0.717, 1.165) is 18.2 Å². The van der Waals surface area contributed by atoms with Crippen LogP contribution in [0.5, 0.6) is 0 Å². The number of hydrogen-bond donors (Lipinski definition) is 0. The van der Waals surface area contributed by atoms with Crippen LogP contribution in [0.25, 0.3) is 0 Å². The summed E-state index contributed by atoms with van der Waals surface area (Å²) in [6, 6.07) is 0. The van der Waals surface area contributed by atoms with Gasteiger partial charge >= 0.3 is 0 Å². The van der Waals surface area contributed by atoms with E-state index in [1.165, 1.54) is 0 Å². The highest BCUT2D eigenvalue weighted by Crippen LogP contribution is 1.99. The standard InChI is InChI=1S/C8H15BrO2/c1-10-8(11-2)6-4-3-5-7-9/h3-4,8H,5-7H2,1-2H3/b4-3+. The summed E-state index contributed by atoms with van der Waals surface area (Å²) in [7, 11) is 3.29. The molecule has 0 aromatic heterocycles. The summed E-state index contributed by atoms with van der Waals surface area (Å²) in [5.41, 5.74) is 0. The van der Waals surface area contributed by atoms with Gasteiger partial charge in [0, 0.05) is 26.0 Å². The first-order valence-corrected chi connectivity index (χ1v) is 4.73. The summed E-state index contributed by atoms with van der Waals surface area (Å²) in [4.78, 5) is 0. The molecule has 2 nitrogen and oxygen atoms in total. The van der Waals surface area contributed by atoms with Crippen molar-refractivity contribution in [1.29, 1.82) is 0 Å². The van der Waals surface area contributed by atoms with Crippen LogP contribution in [0.4, 0.5) is 0 Å². The van der Waals surface area contributed by atoms with Crippen molar-refractivity contribution in [2.75, 3.05) is 19.5 Å². The van der Waals surface area contributed by atoms with Crippen LogP contribution in [0.2, 0.25) is 0 Å². The summed E-state index contributed by atoms with van der Waals surface area (Å²) in [5, 5.41) is 1.01. The van der Waals surface area contributed by atoms with Gasteiger partial charge in [-0.1, -0.05) is 28.1 Å². The largest absolute Gasteiger partial charge is 0.356 e. The molecule has 0 aliphatic heterocycles. The fraction of sp³-hybridized carbons (Fsp3) is 0.750. The average molecular weight is 223 g/mol. The van der Waals surface area contributed by atoms with Gasteiger partial charge in [0.1, 0.15) is 0 Å². The molecule has 0 spiro atoms. The fourth-order valence-corrected chi connectivity index (χ4v) is 0.941. The zero-order valence-electron chi connectivity index (χ0n) is 7.05. The molecular weight excluding hydrogens is 208 g/mol. The first-order chi connectivity index (χ1) is 5.35. The van der Waals surface area contributed by atoms with Crippen molar-refractivity contribution in [3.63, 3.8) is 0 Å². The molecule has 0 rings (SSSR count). The molecule has 0 fully saturated rings. The SMILES string of the molecule is COC(C/C=C/CCBr)OC. The molecule has 0 N–H and O–H groups in total. The zero-order valence-corrected chi connectivity index (χ0v) is 8.63. The van der Waals surface area contributed by atoms with E-state index < -0.39 is 0 Å². The number of hydrogen-bond acceptors (Lipinski definition) is 2. The van der Waals surface area contributed by atoms with Crippen molar-refractivity contribution in [2.24, 2.45) is 0 Å². The van der Waals surface area contributed by atoms with Gasteiger partial charge in [-0.05, 0) is 6.42 Å². The summed E-state index contributed by atoms with van der Waals surface area (Å²) in [5.74, 6) is 0. The molecule has 0 heterocycles. The lowest BCUT2D eigenvalue weighted by molar-refractivity contribution is -0.0986. The van der Waals surface area contributed by atoms with Crippen molar-refractivity contribution >= 4 is 15.9 Å². The van der Waals surface area contributed by atoms with Gasteiger partial charge in [-0.25, -0.2) is 0 Å². The lowest BCUT2D eigenvalue weighted by atomic mass is 10.3. The molecule has 66 valence electrons. The van der Waals surface area contributed by atoms with Gasteiger partial charge in [0.2, 0.25) is 0 Å². The van der Waals surface area contributed by atoms with Crippen LogP contribution < -0.4 is 0 Å². The molecule has 0 aliphatic carbocycles. The number of alkyl halides is 1. The van der Waals surface area contributed by atoms with Gasteiger partial charge in [0.15, 0.2) is 6.29 Å². The third kappa shape index (κ3) is 6.53. The number of halogens is 1. The second kappa shape index (κ2) is 8.24. The first-order valence-electron chi connectivity index (χ1n) is 3.61. The van der Waals surface area contributed by atoms with E-state index in [-0.39, 0.29) is 6.29 Å². The highest BCUT2D eigenvalue weighted by Gasteiger charge is 1.99. The molecule has 0 atom stereocenters. The summed E-state index contributed by atoms with van der Waals surface area (Å²) in [6.07, 6.45) is 5.96. The molecule has 3 heteroatoms. The third-order valence-electron chi connectivity index (χ3n) is 1.30. The van der Waals surface area contributed by atoms with Crippen LogP contribution in [-0.2, 0) is 9.47 Å². The zero-order chi connectivity index (χ0) is 8.53. The minimum atomic E-state index is -0.0958. The van der Waals surface area contributed by atoms with E-state index in [2.05, 4.69) is 28.1 Å². The Morgan fingerprint density at radius 2 is 1.91 bits per heavy atom. The Kier molecular flexibility index (Phi) is 8.34. The van der Waals surface area contributed by atoms with Crippen LogP contribution in [0.1, 0.15) is 12.8 Å². The number of ether oxygens (including phenoxy) is 2. The average Bonchev–Trinajstić information content (AvgIpc) is 2.05. The van der Waals surface area contributed by atoms with Gasteiger partial charge in [-0.2, -0.15) is 0 Å². The second-order valence-electron chi connectivity index (χ2n) is 2.09. The Morgan fingerprint density at radius 1 is 1.27 bits per heavy atom. The maximum absolute atomic E-state index is 4.99. The molecule has 0 saturated heterocycles. The second-order valence-corrected chi connectivity index (χ2v) is 2.88. The maximum atomic E-state index is 4.99. The smallest absolute Gasteiger partial charge is 0.160 e. The van der Waals surface area contributed by atoms with Crippen LogP contribution in [0.3, 0.4) is 0 Å². The van der Waals surface area contributed by atoms with E-state index in [1.807, 2.05) is 0 Å².